The lowest BCUT2D eigenvalue weighted by Gasteiger charge is -2.50. The van der Waals surface area contributed by atoms with Crippen LogP contribution in [0.2, 0.25) is 0 Å². The number of ether oxygens (including phenoxy) is 3. The predicted molar refractivity (Wildman–Crippen MR) is 191 cm³/mol. The molecule has 0 aromatic heterocycles. The lowest BCUT2D eigenvalue weighted by atomic mass is 9.62. The van der Waals surface area contributed by atoms with Gasteiger partial charge in [-0.05, 0) is 42.9 Å². The van der Waals surface area contributed by atoms with Gasteiger partial charge in [-0.1, -0.05) is 63.8 Å². The van der Waals surface area contributed by atoms with E-state index in [2.05, 4.69) is 19.2 Å². The van der Waals surface area contributed by atoms with E-state index in [0.29, 0.717) is 32.2 Å². The second-order valence-electron chi connectivity index (χ2n) is 15.1. The number of hydroxylamine groups is 2. The molecule has 5 fully saturated rings. The number of nitrogens with zero attached hydrogens (tertiary/aromatic N) is 3. The highest BCUT2D eigenvalue weighted by Crippen LogP contribution is 2.59. The highest BCUT2D eigenvalue weighted by atomic mass is 16.8. The van der Waals surface area contributed by atoms with Gasteiger partial charge in [-0.15, -0.1) is 0 Å². The first-order valence-electron chi connectivity index (χ1n) is 19.3. The van der Waals surface area contributed by atoms with Crippen LogP contribution in [0.1, 0.15) is 95.6 Å². The number of likely N-dealkylation sites (tertiary alicyclic amines) is 1. The van der Waals surface area contributed by atoms with Crippen molar-refractivity contribution in [3.05, 3.63) is 41.5 Å². The van der Waals surface area contributed by atoms with Gasteiger partial charge >= 0.3 is 5.97 Å². The highest BCUT2D eigenvalue weighted by Gasteiger charge is 2.77. The summed E-state index contributed by atoms with van der Waals surface area (Å²) in [7, 11) is 3.37. The Hall–Kier alpha value is -3.36. The van der Waals surface area contributed by atoms with Gasteiger partial charge in [-0.3, -0.25) is 24.0 Å². The van der Waals surface area contributed by atoms with Crippen molar-refractivity contribution >= 4 is 29.8 Å². The predicted octanol–water partition coefficient (Wildman–Crippen LogP) is 3.33. The van der Waals surface area contributed by atoms with Crippen LogP contribution in [0.4, 0.5) is 0 Å². The molecule has 5 aliphatic rings. The standard InChI is InChI=1S/C39H56N4O9/c1-5-7-11-19-38(20-12-8-6-2)50-31-29-24-39(37(48)42-22-13-16-28(42)35(46)40-21-23-44)33(36(47)49-29)43(52-34(39)32(31)51-38)25-27-15-10-9-14-26(27)17-18-30(45)41(3)4/h9-10,14-15,17-18,28-29,31-34,44H,5-8,11-13,16,19-25H2,1-4H3,(H,40,46). The summed E-state index contributed by atoms with van der Waals surface area (Å²) in [4.78, 5) is 65.2. The first-order valence-corrected chi connectivity index (χ1v) is 19.3. The fourth-order valence-electron chi connectivity index (χ4n) is 8.84. The Morgan fingerprint density at radius 3 is 2.44 bits per heavy atom. The van der Waals surface area contributed by atoms with Gasteiger partial charge in [0, 0.05) is 52.5 Å². The van der Waals surface area contributed by atoms with Gasteiger partial charge in [-0.25, -0.2) is 0 Å². The zero-order valence-electron chi connectivity index (χ0n) is 31.1. The second kappa shape index (κ2) is 16.3. The number of carbonyl (C=O) groups excluding carboxylic acids is 4. The Bertz CT molecular complexity index is 1490. The zero-order valence-corrected chi connectivity index (χ0v) is 31.1. The Morgan fingerprint density at radius 2 is 1.75 bits per heavy atom. The van der Waals surface area contributed by atoms with E-state index >= 15 is 4.79 Å². The number of hydrogen-bond donors (Lipinski definition) is 2. The minimum Gasteiger partial charge on any atom is -0.458 e. The smallest absolute Gasteiger partial charge is 0.327 e. The molecule has 7 unspecified atom stereocenters. The van der Waals surface area contributed by atoms with Gasteiger partial charge < -0.3 is 34.4 Å². The minimum atomic E-state index is -1.40. The maximum absolute atomic E-state index is 15.2. The first-order chi connectivity index (χ1) is 25.1. The number of aliphatic hydroxyl groups excluding tert-OH is 1. The third-order valence-electron chi connectivity index (χ3n) is 11.4. The molecule has 1 aliphatic carbocycles. The molecule has 0 spiro atoms. The van der Waals surface area contributed by atoms with E-state index in [1.807, 2.05) is 24.3 Å². The summed E-state index contributed by atoms with van der Waals surface area (Å²) >= 11 is 0. The number of esters is 1. The highest BCUT2D eigenvalue weighted by molar-refractivity contribution is 5.96. The van der Waals surface area contributed by atoms with E-state index in [1.54, 1.807) is 30.1 Å². The van der Waals surface area contributed by atoms with Crippen molar-refractivity contribution in [3.63, 3.8) is 0 Å². The molecule has 52 heavy (non-hydrogen) atoms. The normalized spacial score (nSPS) is 30.4. The number of nitrogens with one attached hydrogen (secondary N) is 1. The van der Waals surface area contributed by atoms with Gasteiger partial charge in [0.25, 0.3) is 0 Å². The molecule has 4 aliphatic heterocycles. The Balaban J connectivity index is 1.39. The Morgan fingerprint density at radius 1 is 1.04 bits per heavy atom. The van der Waals surface area contributed by atoms with Crippen LogP contribution in [0.25, 0.3) is 6.08 Å². The number of likely N-dealkylation sites (N-methyl/N-ethyl adjacent to an activating group) is 1. The van der Waals surface area contributed by atoms with E-state index in [9.17, 15) is 19.5 Å². The van der Waals surface area contributed by atoms with Gasteiger partial charge in [0.05, 0.1) is 13.2 Å². The molecule has 4 heterocycles. The number of rotatable bonds is 16. The van der Waals surface area contributed by atoms with E-state index in [1.165, 1.54) is 11.0 Å². The number of aliphatic hydroxyl groups is 1. The van der Waals surface area contributed by atoms with Crippen molar-refractivity contribution < 1.29 is 43.3 Å². The molecular formula is C39H56N4O9. The number of fused-ring (bicyclic) bond motifs is 4. The van der Waals surface area contributed by atoms with E-state index in [0.717, 1.165) is 49.7 Å². The number of benzene rings is 1. The lowest BCUT2D eigenvalue weighted by Crippen LogP contribution is -2.70. The Kier molecular flexibility index (Phi) is 12.1. The first kappa shape index (κ1) is 38.4. The third kappa shape index (κ3) is 7.26. The summed E-state index contributed by atoms with van der Waals surface area (Å²) in [5, 5.41) is 13.7. The summed E-state index contributed by atoms with van der Waals surface area (Å²) < 4.78 is 20.1. The molecule has 1 saturated carbocycles. The fourth-order valence-corrected chi connectivity index (χ4v) is 8.84. The maximum atomic E-state index is 15.2. The number of amides is 3. The molecule has 0 radical (unpaired) electrons. The van der Waals surface area contributed by atoms with Crippen LogP contribution in [0.15, 0.2) is 30.3 Å². The quantitative estimate of drug-likeness (QED) is 0.148. The molecule has 7 atom stereocenters. The van der Waals surface area contributed by atoms with E-state index in [-0.39, 0.29) is 43.8 Å². The van der Waals surface area contributed by atoms with Crippen molar-refractivity contribution in [2.75, 3.05) is 33.8 Å². The average molecular weight is 725 g/mol. The molecule has 2 N–H and O–H groups in total. The molecular weight excluding hydrogens is 668 g/mol. The van der Waals surface area contributed by atoms with Crippen LogP contribution in [0.5, 0.6) is 0 Å². The van der Waals surface area contributed by atoms with E-state index in [4.69, 9.17) is 19.0 Å². The van der Waals surface area contributed by atoms with Crippen LogP contribution in [0.3, 0.4) is 0 Å². The molecule has 2 bridgehead atoms. The molecule has 13 heteroatoms. The Labute approximate surface area is 306 Å². The molecule has 3 amide bonds. The third-order valence-corrected chi connectivity index (χ3v) is 11.4. The SMILES string of the molecule is CCCCCC1(CCCCC)OC2C3CC4(C(=O)N5CCCC5C(=O)NCCO)C(ON(Cc5ccccc5C=CC(=O)N(C)C)C4C(=O)O3)C2O1. The summed E-state index contributed by atoms with van der Waals surface area (Å²) in [6, 6.07) is 5.70. The summed E-state index contributed by atoms with van der Waals surface area (Å²) in [6.07, 6.45) is 8.92. The van der Waals surface area contributed by atoms with Crippen LogP contribution in [-0.4, -0.2) is 120 Å². The van der Waals surface area contributed by atoms with Gasteiger partial charge in [0.1, 0.15) is 35.9 Å². The number of carbonyl (C=O) groups is 4. The molecule has 1 aromatic rings. The number of hydrogen-bond acceptors (Lipinski definition) is 10. The lowest BCUT2D eigenvalue weighted by molar-refractivity contribution is -0.225. The zero-order chi connectivity index (χ0) is 37.0. The van der Waals surface area contributed by atoms with Crippen LogP contribution in [-0.2, 0) is 44.8 Å². The van der Waals surface area contributed by atoms with Crippen molar-refractivity contribution in [3.8, 4) is 0 Å². The minimum absolute atomic E-state index is 0.0835. The van der Waals surface area contributed by atoms with Crippen molar-refractivity contribution in [2.45, 2.75) is 133 Å². The maximum Gasteiger partial charge on any atom is 0.327 e. The summed E-state index contributed by atoms with van der Waals surface area (Å²) in [6.45, 7) is 4.66. The molecule has 286 valence electrons. The monoisotopic (exact) mass is 724 g/mol. The average Bonchev–Trinajstić information content (AvgIpc) is 3.86. The second-order valence-corrected chi connectivity index (χ2v) is 15.1. The number of unbranched alkanes of at least 4 members (excludes halogenated alkanes) is 4. The van der Waals surface area contributed by atoms with Gasteiger partial charge in [0.2, 0.25) is 17.7 Å². The van der Waals surface area contributed by atoms with Crippen molar-refractivity contribution in [2.24, 2.45) is 5.41 Å². The van der Waals surface area contributed by atoms with Crippen molar-refractivity contribution in [1.29, 1.82) is 0 Å². The molecule has 1 aromatic carbocycles. The van der Waals surface area contributed by atoms with Gasteiger partial charge in [-0.2, -0.15) is 5.06 Å². The fraction of sp³-hybridized carbons (Fsp3) is 0.692. The molecule has 13 nitrogen and oxygen atoms in total. The summed E-state index contributed by atoms with van der Waals surface area (Å²) in [5.74, 6) is -2.28. The van der Waals surface area contributed by atoms with Crippen LogP contribution in [0, 0.1) is 5.41 Å². The molecule has 4 saturated heterocycles. The molecule has 6 rings (SSSR count). The summed E-state index contributed by atoms with van der Waals surface area (Å²) in [5.41, 5.74) is 0.152. The largest absolute Gasteiger partial charge is 0.458 e. The topological polar surface area (TPSA) is 147 Å². The van der Waals surface area contributed by atoms with E-state index < -0.39 is 53.7 Å². The van der Waals surface area contributed by atoms with Crippen molar-refractivity contribution in [1.82, 2.24) is 20.2 Å². The van der Waals surface area contributed by atoms with Gasteiger partial charge in [0.15, 0.2) is 11.8 Å². The van der Waals surface area contributed by atoms with Crippen LogP contribution < -0.4 is 5.32 Å². The van der Waals surface area contributed by atoms with Crippen LogP contribution >= 0.6 is 0 Å².